The lowest BCUT2D eigenvalue weighted by molar-refractivity contribution is -0.123. The second kappa shape index (κ2) is 6.58. The summed E-state index contributed by atoms with van der Waals surface area (Å²) in [4.78, 5) is 14.8. The maximum atomic E-state index is 13.8. The Bertz CT molecular complexity index is 791. The van der Waals surface area contributed by atoms with E-state index in [9.17, 15) is 14.3 Å². The molecular formula is C20H23FN2O2. The molecule has 0 fully saturated rings. The number of fused-ring (bicyclic) bond motifs is 1. The molecule has 1 aliphatic heterocycles. The molecule has 5 heteroatoms. The van der Waals surface area contributed by atoms with Crippen molar-refractivity contribution in [2.45, 2.75) is 31.4 Å². The minimum atomic E-state index is -0.877. The highest BCUT2D eigenvalue weighted by Crippen LogP contribution is 2.46. The molecule has 0 aliphatic carbocycles. The molecule has 25 heavy (non-hydrogen) atoms. The Morgan fingerprint density at radius 1 is 1.20 bits per heavy atom. The number of carbonyl (C=O) groups excluding carboxylic acids is 1. The van der Waals surface area contributed by atoms with E-state index < -0.39 is 23.4 Å². The van der Waals surface area contributed by atoms with Crippen molar-refractivity contribution in [3.63, 3.8) is 0 Å². The summed E-state index contributed by atoms with van der Waals surface area (Å²) in [6.07, 6.45) is -0.877. The molecule has 3 rings (SSSR count). The molecule has 0 aromatic heterocycles. The van der Waals surface area contributed by atoms with Gasteiger partial charge in [-0.2, -0.15) is 0 Å². The van der Waals surface area contributed by atoms with Crippen LogP contribution in [0.1, 0.15) is 31.0 Å². The first kappa shape index (κ1) is 17.6. The van der Waals surface area contributed by atoms with E-state index in [0.29, 0.717) is 5.56 Å². The smallest absolute Gasteiger partial charge is 0.237 e. The number of nitrogens with one attached hydrogen (secondary N) is 1. The van der Waals surface area contributed by atoms with Gasteiger partial charge in [-0.25, -0.2) is 4.39 Å². The van der Waals surface area contributed by atoms with E-state index in [4.69, 9.17) is 0 Å². The zero-order chi connectivity index (χ0) is 18.2. The van der Waals surface area contributed by atoms with E-state index in [1.807, 2.05) is 38.1 Å². The number of amides is 1. The number of aliphatic hydroxyl groups is 1. The van der Waals surface area contributed by atoms with Crippen LogP contribution in [0.4, 0.5) is 10.1 Å². The summed E-state index contributed by atoms with van der Waals surface area (Å²) in [7, 11) is 1.73. The molecule has 0 saturated heterocycles. The van der Waals surface area contributed by atoms with Crippen LogP contribution < -0.4 is 10.2 Å². The number of carbonyl (C=O) groups is 1. The van der Waals surface area contributed by atoms with Crippen molar-refractivity contribution < 1.29 is 14.3 Å². The normalized spacial score (nSPS) is 18.1. The molecule has 0 saturated carbocycles. The molecule has 132 valence electrons. The van der Waals surface area contributed by atoms with Crippen molar-refractivity contribution in [2.75, 3.05) is 18.5 Å². The predicted octanol–water partition coefficient (Wildman–Crippen LogP) is 2.77. The van der Waals surface area contributed by atoms with E-state index in [-0.39, 0.29) is 12.5 Å². The van der Waals surface area contributed by atoms with Gasteiger partial charge < -0.3 is 15.3 Å². The lowest BCUT2D eigenvalue weighted by atomic mass is 9.86. The van der Waals surface area contributed by atoms with Crippen molar-refractivity contribution in [3.05, 3.63) is 65.5 Å². The van der Waals surface area contributed by atoms with Crippen LogP contribution in [0.15, 0.2) is 48.5 Å². The summed E-state index contributed by atoms with van der Waals surface area (Å²) in [6, 6.07) is 13.0. The number of anilines is 1. The molecule has 0 radical (unpaired) electrons. The van der Waals surface area contributed by atoms with Gasteiger partial charge in [-0.3, -0.25) is 4.79 Å². The summed E-state index contributed by atoms with van der Waals surface area (Å²) < 4.78 is 13.8. The van der Waals surface area contributed by atoms with Crippen LogP contribution in [0.3, 0.4) is 0 Å². The minimum Gasteiger partial charge on any atom is -0.389 e. The van der Waals surface area contributed by atoms with Crippen LogP contribution in [-0.4, -0.2) is 30.7 Å². The highest BCUT2D eigenvalue weighted by Gasteiger charge is 2.47. The zero-order valence-corrected chi connectivity index (χ0v) is 14.7. The third-order valence-corrected chi connectivity index (χ3v) is 4.84. The van der Waals surface area contributed by atoms with Crippen molar-refractivity contribution in [1.82, 2.24) is 5.32 Å². The number of nitrogens with zero attached hydrogens (tertiary/aromatic N) is 1. The van der Waals surface area contributed by atoms with Gasteiger partial charge in [-0.1, -0.05) is 30.3 Å². The van der Waals surface area contributed by atoms with Gasteiger partial charge in [-0.05, 0) is 50.2 Å². The first-order chi connectivity index (χ1) is 11.9. The van der Waals surface area contributed by atoms with Crippen LogP contribution in [0, 0.1) is 5.82 Å². The standard InChI is InChI=1S/C20H23FN2O2/c1-20(2)15-9-4-5-10-16(15)23(19(20)25)18(17(24)12-22-3)13-7-6-8-14(21)11-13/h4-11,17-18,22,24H,12H2,1-3H3/t17-,18?/m1/s1. The number of benzene rings is 2. The van der Waals surface area contributed by atoms with Crippen molar-refractivity contribution >= 4 is 11.6 Å². The Hall–Kier alpha value is -2.24. The maximum absolute atomic E-state index is 13.8. The first-order valence-corrected chi connectivity index (χ1v) is 8.39. The highest BCUT2D eigenvalue weighted by molar-refractivity contribution is 6.08. The fourth-order valence-corrected chi connectivity index (χ4v) is 3.57. The van der Waals surface area contributed by atoms with Gasteiger partial charge in [-0.15, -0.1) is 0 Å². The number of aliphatic hydroxyl groups excluding tert-OH is 1. The largest absolute Gasteiger partial charge is 0.389 e. The lowest BCUT2D eigenvalue weighted by Gasteiger charge is -2.33. The Morgan fingerprint density at radius 2 is 1.92 bits per heavy atom. The monoisotopic (exact) mass is 342 g/mol. The van der Waals surface area contributed by atoms with Crippen molar-refractivity contribution in [2.24, 2.45) is 0 Å². The Labute approximate surface area is 147 Å². The summed E-state index contributed by atoms with van der Waals surface area (Å²) in [5.74, 6) is -0.489. The number of likely N-dealkylation sites (N-methyl/N-ethyl adjacent to an activating group) is 1. The van der Waals surface area contributed by atoms with Crippen LogP contribution in [-0.2, 0) is 10.2 Å². The average molecular weight is 342 g/mol. The second-order valence-electron chi connectivity index (χ2n) is 6.94. The average Bonchev–Trinajstić information content (AvgIpc) is 2.77. The minimum absolute atomic E-state index is 0.0990. The Kier molecular flexibility index (Phi) is 4.62. The van der Waals surface area contributed by atoms with Gasteiger partial charge in [0.2, 0.25) is 5.91 Å². The number of rotatable bonds is 5. The van der Waals surface area contributed by atoms with Gasteiger partial charge in [0.25, 0.3) is 0 Å². The van der Waals surface area contributed by atoms with E-state index in [1.165, 1.54) is 12.1 Å². The van der Waals surface area contributed by atoms with Crippen LogP contribution >= 0.6 is 0 Å². The summed E-state index contributed by atoms with van der Waals surface area (Å²) in [5, 5.41) is 13.7. The van der Waals surface area contributed by atoms with Gasteiger partial charge in [0.05, 0.1) is 17.6 Å². The topological polar surface area (TPSA) is 52.6 Å². The second-order valence-corrected chi connectivity index (χ2v) is 6.94. The van der Waals surface area contributed by atoms with Gasteiger partial charge in [0.15, 0.2) is 0 Å². The number of halogens is 1. The predicted molar refractivity (Wildman–Crippen MR) is 96.0 cm³/mol. The number of para-hydroxylation sites is 1. The number of hydrogen-bond acceptors (Lipinski definition) is 3. The zero-order valence-electron chi connectivity index (χ0n) is 14.7. The fraction of sp³-hybridized carbons (Fsp3) is 0.350. The van der Waals surface area contributed by atoms with E-state index in [0.717, 1.165) is 11.3 Å². The quantitative estimate of drug-likeness (QED) is 0.878. The maximum Gasteiger partial charge on any atom is 0.237 e. The molecule has 1 amide bonds. The van der Waals surface area contributed by atoms with Gasteiger partial charge in [0.1, 0.15) is 5.82 Å². The fourth-order valence-electron chi connectivity index (χ4n) is 3.57. The molecule has 2 atom stereocenters. The van der Waals surface area contributed by atoms with Crippen molar-refractivity contribution in [1.29, 1.82) is 0 Å². The van der Waals surface area contributed by atoms with Crippen LogP contribution in [0.25, 0.3) is 0 Å². The van der Waals surface area contributed by atoms with E-state index >= 15 is 0 Å². The highest BCUT2D eigenvalue weighted by atomic mass is 19.1. The van der Waals surface area contributed by atoms with Crippen LogP contribution in [0.2, 0.25) is 0 Å². The molecule has 0 spiro atoms. The number of hydrogen-bond donors (Lipinski definition) is 2. The Morgan fingerprint density at radius 3 is 2.60 bits per heavy atom. The van der Waals surface area contributed by atoms with E-state index in [2.05, 4.69) is 5.32 Å². The van der Waals surface area contributed by atoms with E-state index in [1.54, 1.807) is 24.1 Å². The van der Waals surface area contributed by atoms with Crippen LogP contribution in [0.5, 0.6) is 0 Å². The van der Waals surface area contributed by atoms with Gasteiger partial charge >= 0.3 is 0 Å². The summed E-state index contributed by atoms with van der Waals surface area (Å²) in [6.45, 7) is 4.04. The lowest BCUT2D eigenvalue weighted by Crippen LogP contribution is -2.45. The molecule has 2 aromatic carbocycles. The molecule has 0 bridgehead atoms. The molecule has 2 N–H and O–H groups in total. The summed E-state index contributed by atoms with van der Waals surface area (Å²) in [5.41, 5.74) is 1.56. The third kappa shape index (κ3) is 2.94. The van der Waals surface area contributed by atoms with Gasteiger partial charge in [0, 0.05) is 12.2 Å². The summed E-state index contributed by atoms with van der Waals surface area (Å²) >= 11 is 0. The first-order valence-electron chi connectivity index (χ1n) is 8.39. The SMILES string of the molecule is CNC[C@@H](O)C(c1cccc(F)c1)N1C(=O)C(C)(C)c2ccccc21. The molecule has 2 aromatic rings. The molecule has 1 unspecified atom stereocenters. The van der Waals surface area contributed by atoms with Crippen molar-refractivity contribution in [3.8, 4) is 0 Å². The molecule has 1 heterocycles. The third-order valence-electron chi connectivity index (χ3n) is 4.84. The molecular weight excluding hydrogens is 319 g/mol. The molecule has 1 aliphatic rings. The Balaban J connectivity index is 2.15. The molecule has 4 nitrogen and oxygen atoms in total.